The molecule has 3 saturated carbocycles. The summed E-state index contributed by atoms with van der Waals surface area (Å²) in [6.07, 6.45) is 10.7. The molecule has 2 unspecified atom stereocenters. The second-order valence-corrected chi connectivity index (χ2v) is 13.6. The molecule has 4 rings (SSSR count). The number of hydrogen-bond donors (Lipinski definition) is 0. The maximum absolute atomic E-state index is 13.3. The molecule has 7 atom stereocenters. The number of esters is 1. The maximum atomic E-state index is 13.3. The number of methoxy groups -OCH3 is 1. The minimum Gasteiger partial charge on any atom is -0.469 e. The minimum atomic E-state index is -0.623. The van der Waals surface area contributed by atoms with Crippen LogP contribution in [0.2, 0.25) is 0 Å². The van der Waals surface area contributed by atoms with E-state index in [4.69, 9.17) is 4.74 Å². The average molecular weight is 506 g/mol. The Kier molecular flexibility index (Phi) is 6.54. The van der Waals surface area contributed by atoms with E-state index in [0.29, 0.717) is 12.0 Å². The van der Waals surface area contributed by atoms with Crippen LogP contribution >= 0.6 is 0 Å². The molecule has 37 heavy (non-hydrogen) atoms. The van der Waals surface area contributed by atoms with Crippen molar-refractivity contribution in [2.45, 2.75) is 86.5 Å². The van der Waals surface area contributed by atoms with Gasteiger partial charge in [0, 0.05) is 11.3 Å². The highest BCUT2D eigenvalue weighted by Crippen LogP contribution is 2.71. The number of hydrogen-bond acceptors (Lipinski definition) is 5. The van der Waals surface area contributed by atoms with Gasteiger partial charge in [-0.25, -0.2) is 0 Å². The van der Waals surface area contributed by atoms with Crippen LogP contribution in [0.5, 0.6) is 0 Å². The smallest absolute Gasteiger partial charge is 0.312 e. The predicted molar refractivity (Wildman–Crippen MR) is 143 cm³/mol. The third-order valence-electron chi connectivity index (χ3n) is 11.6. The van der Waals surface area contributed by atoms with Crippen LogP contribution < -0.4 is 0 Å². The molecule has 0 aliphatic heterocycles. The van der Waals surface area contributed by atoms with Gasteiger partial charge < -0.3 is 9.53 Å². The number of nitrogens with zero attached hydrogens (tertiary/aromatic N) is 1. The number of ether oxygens (including phenoxy) is 1. The molecule has 0 saturated heterocycles. The molecule has 4 aliphatic rings. The number of ketones is 1. The van der Waals surface area contributed by atoms with Crippen LogP contribution in [0, 0.1) is 56.2 Å². The fraction of sp³-hybridized carbons (Fsp3) is 0.688. The lowest BCUT2D eigenvalue weighted by Gasteiger charge is -2.65. The lowest BCUT2D eigenvalue weighted by atomic mass is 9.37. The Morgan fingerprint density at radius 1 is 1.14 bits per heavy atom. The van der Waals surface area contributed by atoms with Crippen molar-refractivity contribution in [2.24, 2.45) is 44.8 Å². The highest BCUT2D eigenvalue weighted by Gasteiger charge is 2.67. The highest BCUT2D eigenvalue weighted by atomic mass is 16.5. The van der Waals surface area contributed by atoms with Gasteiger partial charge in [-0.1, -0.05) is 58.9 Å². The van der Waals surface area contributed by atoms with Crippen LogP contribution in [0.15, 0.2) is 35.5 Å². The summed E-state index contributed by atoms with van der Waals surface area (Å²) in [6.45, 7) is 17.3. The van der Waals surface area contributed by atoms with Gasteiger partial charge in [-0.05, 0) is 85.5 Å². The highest BCUT2D eigenvalue weighted by molar-refractivity contribution is 6.12. The molecule has 0 aromatic heterocycles. The molecule has 0 bridgehead atoms. The zero-order chi connectivity index (χ0) is 27.6. The first-order valence-electron chi connectivity index (χ1n) is 13.8. The summed E-state index contributed by atoms with van der Waals surface area (Å²) >= 11 is 0. The standard InChI is InChI=1S/C32H43NO4/c1-9-25-29(5)16-21(18-33)26(35)20(2)22(29)10-11-31(25,7)30(6)13-15-32(27(36)37-8)14-12-28(3,4)17-23(32)24(30)19-34/h9,16,19,22-24H,2,10-15,17H2,1,3-8H3/b25-9-/t22-,23?,24?,29-,30+,31+,32-/m0/s1. The van der Waals surface area contributed by atoms with E-state index in [1.807, 2.05) is 13.0 Å². The molecule has 200 valence electrons. The Morgan fingerprint density at radius 3 is 2.35 bits per heavy atom. The molecule has 0 aromatic carbocycles. The first kappa shape index (κ1) is 27.6. The lowest BCUT2D eigenvalue weighted by Crippen LogP contribution is -2.62. The molecule has 0 aromatic rings. The number of fused-ring (bicyclic) bond motifs is 2. The van der Waals surface area contributed by atoms with Crippen LogP contribution in [0.25, 0.3) is 0 Å². The van der Waals surface area contributed by atoms with Gasteiger partial charge in [-0.15, -0.1) is 0 Å². The van der Waals surface area contributed by atoms with Crippen molar-refractivity contribution in [3.05, 3.63) is 35.5 Å². The van der Waals surface area contributed by atoms with Crippen LogP contribution in [0.3, 0.4) is 0 Å². The number of allylic oxidation sites excluding steroid dienone is 5. The molecular weight excluding hydrogens is 462 g/mol. The first-order chi connectivity index (χ1) is 17.2. The van der Waals surface area contributed by atoms with Crippen molar-refractivity contribution in [3.8, 4) is 6.07 Å². The normalized spacial score (nSPS) is 44.2. The van der Waals surface area contributed by atoms with Crippen LogP contribution in [0.4, 0.5) is 0 Å². The first-order valence-corrected chi connectivity index (χ1v) is 13.8. The molecule has 4 aliphatic carbocycles. The van der Waals surface area contributed by atoms with E-state index in [-0.39, 0.29) is 45.9 Å². The number of aldehydes is 1. The predicted octanol–water partition coefficient (Wildman–Crippen LogP) is 6.55. The monoisotopic (exact) mass is 505 g/mol. The third-order valence-corrected chi connectivity index (χ3v) is 11.6. The zero-order valence-electron chi connectivity index (χ0n) is 23.7. The summed E-state index contributed by atoms with van der Waals surface area (Å²) in [4.78, 5) is 39.3. The van der Waals surface area contributed by atoms with E-state index < -0.39 is 16.2 Å². The summed E-state index contributed by atoms with van der Waals surface area (Å²) in [5.41, 5.74) is -0.0214. The summed E-state index contributed by atoms with van der Waals surface area (Å²) in [6, 6.07) is 2.11. The van der Waals surface area contributed by atoms with E-state index >= 15 is 0 Å². The Hall–Kier alpha value is -2.48. The molecular formula is C32H43NO4. The van der Waals surface area contributed by atoms with Gasteiger partial charge >= 0.3 is 5.97 Å². The van der Waals surface area contributed by atoms with Crippen molar-refractivity contribution in [2.75, 3.05) is 7.11 Å². The number of carbonyl (C=O) groups excluding carboxylic acids is 3. The van der Waals surface area contributed by atoms with Gasteiger partial charge in [0.2, 0.25) is 0 Å². The molecule has 5 heteroatoms. The molecule has 0 spiro atoms. The number of carbonyl (C=O) groups is 3. The van der Waals surface area contributed by atoms with Gasteiger partial charge in [0.05, 0.1) is 18.1 Å². The van der Waals surface area contributed by atoms with Crippen molar-refractivity contribution >= 4 is 18.0 Å². The Labute approximate surface area is 222 Å². The molecule has 5 nitrogen and oxygen atoms in total. The van der Waals surface area contributed by atoms with Gasteiger partial charge in [0.25, 0.3) is 0 Å². The van der Waals surface area contributed by atoms with Crippen molar-refractivity contribution in [1.29, 1.82) is 5.26 Å². The van der Waals surface area contributed by atoms with Gasteiger partial charge in [-0.2, -0.15) is 5.26 Å². The maximum Gasteiger partial charge on any atom is 0.312 e. The largest absolute Gasteiger partial charge is 0.469 e. The molecule has 0 N–H and O–H groups in total. The molecule has 0 amide bonds. The van der Waals surface area contributed by atoms with Crippen molar-refractivity contribution < 1.29 is 19.1 Å². The summed E-state index contributed by atoms with van der Waals surface area (Å²) < 4.78 is 5.38. The lowest BCUT2D eigenvalue weighted by molar-refractivity contribution is -0.185. The van der Waals surface area contributed by atoms with E-state index in [0.717, 1.165) is 44.8 Å². The minimum absolute atomic E-state index is 0.0432. The van der Waals surface area contributed by atoms with Crippen LogP contribution in [-0.2, 0) is 19.1 Å². The van der Waals surface area contributed by atoms with E-state index in [1.165, 1.54) is 12.7 Å². The van der Waals surface area contributed by atoms with E-state index in [2.05, 4.69) is 53.3 Å². The summed E-state index contributed by atoms with van der Waals surface area (Å²) in [7, 11) is 1.47. The van der Waals surface area contributed by atoms with Crippen LogP contribution in [0.1, 0.15) is 86.5 Å². The summed E-state index contributed by atoms with van der Waals surface area (Å²) in [5.74, 6) is -0.883. The fourth-order valence-corrected chi connectivity index (χ4v) is 9.33. The van der Waals surface area contributed by atoms with Crippen molar-refractivity contribution in [1.82, 2.24) is 0 Å². The zero-order valence-corrected chi connectivity index (χ0v) is 23.7. The Morgan fingerprint density at radius 2 is 1.78 bits per heavy atom. The second kappa shape index (κ2) is 8.79. The third kappa shape index (κ3) is 3.57. The Bertz CT molecular complexity index is 1150. The Balaban J connectivity index is 1.87. The quantitative estimate of drug-likeness (QED) is 0.188. The van der Waals surface area contributed by atoms with E-state index in [9.17, 15) is 19.6 Å². The van der Waals surface area contributed by atoms with Gasteiger partial charge in [0.1, 0.15) is 12.4 Å². The molecule has 0 radical (unpaired) electrons. The van der Waals surface area contributed by atoms with Crippen molar-refractivity contribution in [3.63, 3.8) is 0 Å². The number of Topliss-reactive ketones (excluding diaryl/α,β-unsaturated/α-hetero) is 1. The van der Waals surface area contributed by atoms with Gasteiger partial charge in [0.15, 0.2) is 5.78 Å². The second-order valence-electron chi connectivity index (χ2n) is 13.6. The van der Waals surface area contributed by atoms with E-state index in [1.54, 1.807) is 0 Å². The topological polar surface area (TPSA) is 84.2 Å². The SMILES string of the molecule is C=C1C(=O)C(C#N)=C[C@]2(C)/C(=C/C)[C@](C)([C@]3(C)CC[C@@]4(C(=O)OC)CCC(C)(C)CC4C3C=O)CC[C@@H]12. The molecule has 3 fully saturated rings. The average Bonchev–Trinajstić information content (AvgIpc) is 2.85. The number of nitriles is 1. The van der Waals surface area contributed by atoms with Crippen LogP contribution in [-0.4, -0.2) is 25.1 Å². The fourth-order valence-electron chi connectivity index (χ4n) is 9.33. The number of rotatable bonds is 3. The molecule has 0 heterocycles. The van der Waals surface area contributed by atoms with Gasteiger partial charge in [-0.3, -0.25) is 9.59 Å². The summed E-state index contributed by atoms with van der Waals surface area (Å²) in [5, 5.41) is 9.75.